The highest BCUT2D eigenvalue weighted by Gasteiger charge is 2.41. The summed E-state index contributed by atoms with van der Waals surface area (Å²) in [4.78, 5) is 51.1. The largest absolute Gasteiger partial charge is 0.497 e. The zero-order valence-corrected chi connectivity index (χ0v) is 21.5. The van der Waals surface area contributed by atoms with E-state index < -0.39 is 36.0 Å². The summed E-state index contributed by atoms with van der Waals surface area (Å²) in [7, 11) is 2.76. The van der Waals surface area contributed by atoms with Crippen molar-refractivity contribution in [2.75, 3.05) is 19.5 Å². The molecule has 3 aromatic carbocycles. The van der Waals surface area contributed by atoms with Gasteiger partial charge in [0.05, 0.1) is 36.1 Å². The SMILES string of the molecule is COc1cccc(C(=O)O[C@H](C(=O)O)[C@@H](OC(=O)c2cccc(OC)c2)C(=O)Nc2ccc(Cl)cc2Cl)c1. The van der Waals surface area contributed by atoms with E-state index in [4.69, 9.17) is 42.1 Å². The summed E-state index contributed by atoms with van der Waals surface area (Å²) in [5.41, 5.74) is -0.0590. The maximum atomic E-state index is 13.2. The van der Waals surface area contributed by atoms with Crippen LogP contribution in [0.3, 0.4) is 0 Å². The lowest BCUT2D eigenvalue weighted by Gasteiger charge is -2.24. The van der Waals surface area contributed by atoms with Crippen LogP contribution in [0.2, 0.25) is 10.0 Å². The molecular formula is C26H21Cl2NO9. The van der Waals surface area contributed by atoms with Gasteiger partial charge in [0, 0.05) is 5.02 Å². The molecule has 3 aromatic rings. The van der Waals surface area contributed by atoms with Gasteiger partial charge in [-0.25, -0.2) is 14.4 Å². The van der Waals surface area contributed by atoms with Gasteiger partial charge in [-0.15, -0.1) is 0 Å². The molecule has 198 valence electrons. The number of carboxylic acid groups (broad SMARTS) is 1. The van der Waals surface area contributed by atoms with E-state index in [2.05, 4.69) is 5.32 Å². The second kappa shape index (κ2) is 12.8. The number of amides is 1. The molecule has 0 bridgehead atoms. The molecule has 0 aliphatic carbocycles. The lowest BCUT2D eigenvalue weighted by Crippen LogP contribution is -2.48. The van der Waals surface area contributed by atoms with Crippen LogP contribution in [0.4, 0.5) is 5.69 Å². The smallest absolute Gasteiger partial charge is 0.349 e. The number of carbonyl (C=O) groups is 4. The first-order valence-electron chi connectivity index (χ1n) is 10.8. The number of hydrogen-bond donors (Lipinski definition) is 2. The Morgan fingerprint density at radius 3 is 1.76 bits per heavy atom. The summed E-state index contributed by atoms with van der Waals surface area (Å²) < 4.78 is 20.6. The van der Waals surface area contributed by atoms with Crippen LogP contribution in [-0.4, -0.2) is 55.3 Å². The molecule has 12 heteroatoms. The molecule has 0 aromatic heterocycles. The van der Waals surface area contributed by atoms with Crippen LogP contribution in [0.15, 0.2) is 66.7 Å². The van der Waals surface area contributed by atoms with Gasteiger partial charge >= 0.3 is 17.9 Å². The van der Waals surface area contributed by atoms with E-state index in [9.17, 15) is 24.3 Å². The van der Waals surface area contributed by atoms with Gasteiger partial charge in [-0.05, 0) is 54.6 Å². The summed E-state index contributed by atoms with van der Waals surface area (Å²) in [5.74, 6) is -4.43. The zero-order chi connectivity index (χ0) is 27.8. The number of benzene rings is 3. The van der Waals surface area contributed by atoms with Crippen molar-refractivity contribution < 1.29 is 43.2 Å². The standard InChI is InChI=1S/C26H21Cl2NO9/c1-35-17-7-3-5-14(11-17)25(33)37-21(23(30)29-20-10-9-16(27)13-19(20)28)22(24(31)32)38-26(34)15-6-4-8-18(12-15)36-2/h3-13,21-22H,1-2H3,(H,29,30)(H,31,32)/t21-,22+/m1/s1. The van der Waals surface area contributed by atoms with Crippen LogP contribution < -0.4 is 14.8 Å². The van der Waals surface area contributed by atoms with Crippen molar-refractivity contribution >= 4 is 52.7 Å². The number of ether oxygens (including phenoxy) is 4. The van der Waals surface area contributed by atoms with Crippen molar-refractivity contribution in [1.82, 2.24) is 0 Å². The molecule has 0 aliphatic rings. The van der Waals surface area contributed by atoms with E-state index in [1.165, 1.54) is 68.8 Å². The first-order chi connectivity index (χ1) is 18.1. The van der Waals surface area contributed by atoms with Crippen LogP contribution in [0.5, 0.6) is 11.5 Å². The molecule has 2 atom stereocenters. The number of rotatable bonds is 10. The Balaban J connectivity index is 1.95. The number of carbonyl (C=O) groups excluding carboxylic acids is 3. The van der Waals surface area contributed by atoms with E-state index in [1.54, 1.807) is 12.1 Å². The summed E-state index contributed by atoms with van der Waals surface area (Å²) >= 11 is 12.0. The predicted octanol–water partition coefficient (Wildman–Crippen LogP) is 4.48. The maximum absolute atomic E-state index is 13.2. The minimum Gasteiger partial charge on any atom is -0.497 e. The molecular weight excluding hydrogens is 541 g/mol. The molecule has 0 aliphatic heterocycles. The lowest BCUT2D eigenvalue weighted by atomic mass is 10.1. The normalized spacial score (nSPS) is 12.0. The molecule has 38 heavy (non-hydrogen) atoms. The average molecular weight is 562 g/mol. The fraction of sp³-hybridized carbons (Fsp3) is 0.154. The number of halogens is 2. The zero-order valence-electron chi connectivity index (χ0n) is 20.0. The van der Waals surface area contributed by atoms with Crippen molar-refractivity contribution in [2.45, 2.75) is 12.2 Å². The highest BCUT2D eigenvalue weighted by molar-refractivity contribution is 6.36. The second-order valence-electron chi connectivity index (χ2n) is 7.57. The monoisotopic (exact) mass is 561 g/mol. The predicted molar refractivity (Wildman–Crippen MR) is 137 cm³/mol. The Hall–Kier alpha value is -4.28. The molecule has 0 radical (unpaired) electrons. The topological polar surface area (TPSA) is 137 Å². The van der Waals surface area contributed by atoms with Crippen LogP contribution in [0.25, 0.3) is 0 Å². The number of esters is 2. The highest BCUT2D eigenvalue weighted by atomic mass is 35.5. The third-order valence-electron chi connectivity index (χ3n) is 5.04. The maximum Gasteiger partial charge on any atom is 0.349 e. The van der Waals surface area contributed by atoms with Gasteiger partial charge in [0.1, 0.15) is 11.5 Å². The van der Waals surface area contributed by atoms with E-state index in [1.807, 2.05) is 0 Å². The van der Waals surface area contributed by atoms with Gasteiger partial charge in [-0.1, -0.05) is 35.3 Å². The van der Waals surface area contributed by atoms with Gasteiger partial charge in [0.25, 0.3) is 5.91 Å². The van der Waals surface area contributed by atoms with Crippen LogP contribution in [-0.2, 0) is 19.1 Å². The first kappa shape index (κ1) is 28.3. The summed E-state index contributed by atoms with van der Waals surface area (Å²) in [6.45, 7) is 0. The fourth-order valence-corrected chi connectivity index (χ4v) is 3.61. The van der Waals surface area contributed by atoms with Crippen LogP contribution in [0, 0.1) is 0 Å². The van der Waals surface area contributed by atoms with Crippen molar-refractivity contribution in [1.29, 1.82) is 0 Å². The number of aliphatic carboxylic acids is 1. The van der Waals surface area contributed by atoms with Crippen LogP contribution >= 0.6 is 23.2 Å². The van der Waals surface area contributed by atoms with Crippen LogP contribution in [0.1, 0.15) is 20.7 Å². The van der Waals surface area contributed by atoms with E-state index in [0.717, 1.165) is 0 Å². The third-order valence-corrected chi connectivity index (χ3v) is 5.59. The third kappa shape index (κ3) is 7.15. The van der Waals surface area contributed by atoms with Gasteiger partial charge < -0.3 is 29.4 Å². The second-order valence-corrected chi connectivity index (χ2v) is 8.41. The number of methoxy groups -OCH3 is 2. The van der Waals surface area contributed by atoms with Crippen molar-refractivity contribution in [3.05, 3.63) is 87.9 Å². The Bertz CT molecular complexity index is 1360. The average Bonchev–Trinajstić information content (AvgIpc) is 2.91. The fourth-order valence-electron chi connectivity index (χ4n) is 3.16. The Morgan fingerprint density at radius 1 is 0.763 bits per heavy atom. The number of hydrogen-bond acceptors (Lipinski definition) is 8. The Morgan fingerprint density at radius 2 is 1.29 bits per heavy atom. The van der Waals surface area contributed by atoms with E-state index in [0.29, 0.717) is 11.5 Å². The molecule has 0 fully saturated rings. The minimum atomic E-state index is -2.24. The van der Waals surface area contributed by atoms with E-state index >= 15 is 0 Å². The Kier molecular flexibility index (Phi) is 9.53. The van der Waals surface area contributed by atoms with Crippen molar-refractivity contribution in [3.63, 3.8) is 0 Å². The summed E-state index contributed by atoms with van der Waals surface area (Å²) in [5, 5.41) is 12.6. The van der Waals surface area contributed by atoms with Gasteiger partial charge in [0.2, 0.25) is 12.2 Å². The highest BCUT2D eigenvalue weighted by Crippen LogP contribution is 2.26. The molecule has 0 saturated heterocycles. The number of carboxylic acids is 1. The molecule has 0 spiro atoms. The van der Waals surface area contributed by atoms with Gasteiger partial charge in [0.15, 0.2) is 0 Å². The minimum absolute atomic E-state index is 0.0315. The molecule has 3 rings (SSSR count). The lowest BCUT2D eigenvalue weighted by molar-refractivity contribution is -0.157. The molecule has 10 nitrogen and oxygen atoms in total. The summed E-state index contributed by atoms with van der Waals surface area (Å²) in [6, 6.07) is 15.6. The molecule has 0 unspecified atom stereocenters. The van der Waals surface area contributed by atoms with Crippen molar-refractivity contribution in [2.24, 2.45) is 0 Å². The Labute approximate surface area is 227 Å². The quantitative estimate of drug-likeness (QED) is 0.343. The van der Waals surface area contributed by atoms with Gasteiger partial charge in [-0.3, -0.25) is 4.79 Å². The van der Waals surface area contributed by atoms with Gasteiger partial charge in [-0.2, -0.15) is 0 Å². The molecule has 1 amide bonds. The van der Waals surface area contributed by atoms with E-state index in [-0.39, 0.29) is 26.9 Å². The number of nitrogens with one attached hydrogen (secondary N) is 1. The molecule has 0 saturated carbocycles. The van der Waals surface area contributed by atoms with Crippen molar-refractivity contribution in [3.8, 4) is 11.5 Å². The molecule has 0 heterocycles. The summed E-state index contributed by atoms with van der Waals surface area (Å²) in [6.07, 6.45) is -4.37. The first-order valence-corrected chi connectivity index (χ1v) is 11.6. The molecule has 2 N–H and O–H groups in total. The number of anilines is 1.